The lowest BCUT2D eigenvalue weighted by Gasteiger charge is -2.15. The third-order valence-corrected chi connectivity index (χ3v) is 4.36. The smallest absolute Gasteiger partial charge is 0.260 e. The van der Waals surface area contributed by atoms with Crippen LogP contribution in [0.4, 0.5) is 4.39 Å². The number of amides is 1. The van der Waals surface area contributed by atoms with E-state index in [4.69, 9.17) is 4.74 Å². The van der Waals surface area contributed by atoms with E-state index in [1.165, 1.54) is 24.3 Å². The molecule has 0 aliphatic rings. The largest absolute Gasteiger partial charge is 0.481 e. The summed E-state index contributed by atoms with van der Waals surface area (Å²) in [5, 5.41) is 5.91. The predicted octanol–water partition coefficient (Wildman–Crippen LogP) is 3.71. The summed E-state index contributed by atoms with van der Waals surface area (Å²) < 4.78 is 18.3. The van der Waals surface area contributed by atoms with E-state index in [0.29, 0.717) is 18.7 Å². The molecule has 130 valence electrons. The van der Waals surface area contributed by atoms with Gasteiger partial charge in [-0.25, -0.2) is 9.37 Å². The van der Waals surface area contributed by atoms with E-state index in [2.05, 4.69) is 36.5 Å². The Morgan fingerprint density at radius 1 is 1.33 bits per heavy atom. The number of thiazole rings is 1. The fraction of sp³-hybridized carbons (Fsp3) is 0.444. The molecule has 0 aliphatic heterocycles. The van der Waals surface area contributed by atoms with Crippen molar-refractivity contribution >= 4 is 17.2 Å². The van der Waals surface area contributed by atoms with Crippen molar-refractivity contribution in [2.24, 2.45) is 0 Å². The highest BCUT2D eigenvalue weighted by Gasteiger charge is 2.18. The van der Waals surface area contributed by atoms with Gasteiger partial charge in [0.2, 0.25) is 0 Å². The van der Waals surface area contributed by atoms with Gasteiger partial charge in [0.05, 0.1) is 10.7 Å². The van der Waals surface area contributed by atoms with E-state index in [1.54, 1.807) is 18.3 Å². The number of nitrogens with zero attached hydrogens (tertiary/aromatic N) is 1. The minimum atomic E-state index is -0.642. The second-order valence-electron chi connectivity index (χ2n) is 6.63. The summed E-state index contributed by atoms with van der Waals surface area (Å²) in [6.45, 7) is 8.55. The normalized spacial score (nSPS) is 12.7. The molecule has 1 aromatic carbocycles. The van der Waals surface area contributed by atoms with Gasteiger partial charge in [0.25, 0.3) is 5.91 Å². The molecular weight excluding hydrogens is 327 g/mol. The number of carbonyl (C=O) groups is 1. The molecule has 0 fully saturated rings. The minimum Gasteiger partial charge on any atom is -0.481 e. The Morgan fingerprint density at radius 2 is 2.00 bits per heavy atom. The molecule has 2 aromatic rings. The summed E-state index contributed by atoms with van der Waals surface area (Å²) in [5.74, 6) is -0.0711. The Balaban J connectivity index is 1.78. The lowest BCUT2D eigenvalue weighted by molar-refractivity contribution is -0.127. The molecule has 24 heavy (non-hydrogen) atoms. The van der Waals surface area contributed by atoms with Crippen LogP contribution in [0.15, 0.2) is 29.6 Å². The molecule has 4 nitrogen and oxygen atoms in total. The Labute approximate surface area is 146 Å². The van der Waals surface area contributed by atoms with Crippen LogP contribution in [0.3, 0.4) is 0 Å². The molecule has 0 aliphatic carbocycles. The number of hydrogen-bond acceptors (Lipinski definition) is 4. The van der Waals surface area contributed by atoms with Crippen molar-refractivity contribution in [3.63, 3.8) is 0 Å². The van der Waals surface area contributed by atoms with Crippen LogP contribution in [-0.4, -0.2) is 23.5 Å². The zero-order chi connectivity index (χ0) is 17.7. The van der Waals surface area contributed by atoms with Gasteiger partial charge in [0.1, 0.15) is 11.6 Å². The summed E-state index contributed by atoms with van der Waals surface area (Å²) >= 11 is 1.61. The number of hydrogen-bond donors (Lipinski definition) is 1. The molecule has 2 rings (SSSR count). The molecule has 0 saturated heterocycles. The van der Waals surface area contributed by atoms with Gasteiger partial charge in [0.15, 0.2) is 6.10 Å². The highest BCUT2D eigenvalue weighted by atomic mass is 32.1. The maximum absolute atomic E-state index is 12.8. The monoisotopic (exact) mass is 350 g/mol. The molecule has 1 unspecified atom stereocenters. The topological polar surface area (TPSA) is 51.2 Å². The van der Waals surface area contributed by atoms with Crippen LogP contribution in [0.1, 0.15) is 38.4 Å². The van der Waals surface area contributed by atoms with Gasteiger partial charge in [-0.2, -0.15) is 0 Å². The number of rotatable bonds is 6. The number of carbonyl (C=O) groups excluding carboxylic acids is 1. The zero-order valence-electron chi connectivity index (χ0n) is 14.4. The van der Waals surface area contributed by atoms with Crippen molar-refractivity contribution < 1.29 is 13.9 Å². The Hall–Kier alpha value is -1.95. The van der Waals surface area contributed by atoms with Crippen molar-refractivity contribution in [2.75, 3.05) is 6.54 Å². The molecule has 1 amide bonds. The Kier molecular flexibility index (Phi) is 5.94. The van der Waals surface area contributed by atoms with Crippen LogP contribution in [0.2, 0.25) is 0 Å². The third kappa shape index (κ3) is 5.30. The van der Waals surface area contributed by atoms with Gasteiger partial charge in [-0.1, -0.05) is 20.8 Å². The molecule has 1 aromatic heterocycles. The number of benzene rings is 1. The molecular formula is C18H23FN2O2S. The van der Waals surface area contributed by atoms with Crippen LogP contribution in [0.25, 0.3) is 0 Å². The lowest BCUT2D eigenvalue weighted by atomic mass is 9.93. The van der Waals surface area contributed by atoms with Gasteiger partial charge >= 0.3 is 0 Å². The van der Waals surface area contributed by atoms with Gasteiger partial charge in [-0.05, 0) is 31.2 Å². The molecule has 0 spiro atoms. The molecule has 0 radical (unpaired) electrons. The lowest BCUT2D eigenvalue weighted by Crippen LogP contribution is -2.37. The summed E-state index contributed by atoms with van der Waals surface area (Å²) in [6, 6.07) is 5.61. The van der Waals surface area contributed by atoms with E-state index in [-0.39, 0.29) is 17.1 Å². The average Bonchev–Trinajstić information content (AvgIpc) is 2.98. The number of aromatic nitrogens is 1. The van der Waals surface area contributed by atoms with E-state index in [0.717, 1.165) is 10.7 Å². The van der Waals surface area contributed by atoms with Crippen LogP contribution in [0, 0.1) is 5.82 Å². The van der Waals surface area contributed by atoms with Gasteiger partial charge in [0, 0.05) is 23.8 Å². The quantitative estimate of drug-likeness (QED) is 0.864. The van der Waals surface area contributed by atoms with Crippen molar-refractivity contribution in [3.8, 4) is 5.75 Å². The first-order valence-corrected chi connectivity index (χ1v) is 8.78. The molecule has 0 bridgehead atoms. The molecule has 1 N–H and O–H groups in total. The molecule has 1 heterocycles. The zero-order valence-corrected chi connectivity index (χ0v) is 15.2. The van der Waals surface area contributed by atoms with Crippen LogP contribution in [-0.2, 0) is 16.6 Å². The first kappa shape index (κ1) is 18.4. The fourth-order valence-corrected chi connectivity index (χ4v) is 3.00. The molecule has 1 atom stereocenters. The van der Waals surface area contributed by atoms with Crippen molar-refractivity contribution in [2.45, 2.75) is 45.6 Å². The molecule has 6 heteroatoms. The highest BCUT2D eigenvalue weighted by Crippen LogP contribution is 2.23. The first-order chi connectivity index (χ1) is 11.3. The van der Waals surface area contributed by atoms with E-state index < -0.39 is 6.10 Å². The number of halogens is 1. The van der Waals surface area contributed by atoms with E-state index >= 15 is 0 Å². The van der Waals surface area contributed by atoms with E-state index in [9.17, 15) is 9.18 Å². The summed E-state index contributed by atoms with van der Waals surface area (Å²) in [6.07, 6.45) is 0.0485. The number of nitrogens with one attached hydrogen (secondary N) is 1. The highest BCUT2D eigenvalue weighted by molar-refractivity contribution is 7.09. The van der Waals surface area contributed by atoms with Crippen LogP contribution < -0.4 is 10.1 Å². The van der Waals surface area contributed by atoms with Crippen molar-refractivity contribution in [1.29, 1.82) is 0 Å². The van der Waals surface area contributed by atoms with Crippen LogP contribution >= 0.6 is 11.3 Å². The van der Waals surface area contributed by atoms with Gasteiger partial charge in [-0.15, -0.1) is 11.3 Å². The fourth-order valence-electron chi connectivity index (χ4n) is 1.98. The maximum Gasteiger partial charge on any atom is 0.260 e. The summed E-state index contributed by atoms with van der Waals surface area (Å²) in [5.41, 5.74) is 1.11. The third-order valence-electron chi connectivity index (χ3n) is 3.45. The van der Waals surface area contributed by atoms with Crippen LogP contribution in [0.5, 0.6) is 5.75 Å². The maximum atomic E-state index is 12.8. The van der Waals surface area contributed by atoms with Gasteiger partial charge in [-0.3, -0.25) is 4.79 Å². The minimum absolute atomic E-state index is 0.0372. The van der Waals surface area contributed by atoms with Crippen molar-refractivity contribution in [3.05, 3.63) is 46.2 Å². The van der Waals surface area contributed by atoms with E-state index in [1.807, 2.05) is 0 Å². The SMILES string of the molecule is CC(Oc1ccc(F)cc1)C(=O)NCCc1nc(C(C)(C)C)cs1. The summed E-state index contributed by atoms with van der Waals surface area (Å²) in [4.78, 5) is 16.6. The Morgan fingerprint density at radius 3 is 2.58 bits per heavy atom. The molecule has 0 saturated carbocycles. The summed E-state index contributed by atoms with van der Waals surface area (Å²) in [7, 11) is 0. The second-order valence-corrected chi connectivity index (χ2v) is 7.57. The first-order valence-electron chi connectivity index (χ1n) is 7.90. The number of ether oxygens (including phenoxy) is 1. The predicted molar refractivity (Wildman–Crippen MR) is 94.0 cm³/mol. The second kappa shape index (κ2) is 7.75. The van der Waals surface area contributed by atoms with Crippen molar-refractivity contribution in [1.82, 2.24) is 10.3 Å². The standard InChI is InChI=1S/C18H23FN2O2S/c1-12(23-14-7-5-13(19)6-8-14)17(22)20-10-9-16-21-15(11-24-16)18(2,3)4/h5-8,11-12H,9-10H2,1-4H3,(H,20,22). The Bertz CT molecular complexity index is 677. The average molecular weight is 350 g/mol. The van der Waals surface area contributed by atoms with Gasteiger partial charge < -0.3 is 10.1 Å².